The highest BCUT2D eigenvalue weighted by Gasteiger charge is 2.25. The van der Waals surface area contributed by atoms with E-state index in [0.29, 0.717) is 30.0 Å². The van der Waals surface area contributed by atoms with E-state index in [1.165, 1.54) is 5.56 Å². The molecule has 5 nitrogen and oxygen atoms in total. The first kappa shape index (κ1) is 25.1. The molecule has 0 spiro atoms. The van der Waals surface area contributed by atoms with Crippen LogP contribution in [0.5, 0.6) is 0 Å². The molecule has 1 aromatic heterocycles. The van der Waals surface area contributed by atoms with Crippen LogP contribution in [-0.4, -0.2) is 31.6 Å². The van der Waals surface area contributed by atoms with Crippen molar-refractivity contribution in [2.75, 3.05) is 0 Å². The molecule has 1 heterocycles. The molecule has 0 fully saturated rings. The van der Waals surface area contributed by atoms with Crippen molar-refractivity contribution >= 4 is 5.97 Å². The Morgan fingerprint density at radius 3 is 2.23 bits per heavy atom. The molecule has 0 bridgehead atoms. The van der Waals surface area contributed by atoms with E-state index in [1.807, 2.05) is 30.7 Å². The van der Waals surface area contributed by atoms with Crippen LogP contribution >= 0.6 is 0 Å². The van der Waals surface area contributed by atoms with E-state index < -0.39 is 11.6 Å². The van der Waals surface area contributed by atoms with E-state index in [1.54, 1.807) is 0 Å². The Hall–Kier alpha value is -2.14. The van der Waals surface area contributed by atoms with Gasteiger partial charge in [0.05, 0.1) is 22.7 Å². The first-order chi connectivity index (χ1) is 14.3. The summed E-state index contributed by atoms with van der Waals surface area (Å²) in [6.45, 7) is 14.4. The molecule has 2 rings (SSSR count). The van der Waals surface area contributed by atoms with E-state index in [9.17, 15) is 15.0 Å². The zero-order valence-corrected chi connectivity index (χ0v) is 20.3. The normalized spacial score (nSPS) is 13.4. The minimum atomic E-state index is -0.903. The average molecular weight is 429 g/mol. The molecule has 0 aliphatic rings. The highest BCUT2D eigenvalue weighted by molar-refractivity contribution is 5.90. The average Bonchev–Trinajstić information content (AvgIpc) is 2.98. The summed E-state index contributed by atoms with van der Waals surface area (Å²) >= 11 is 0. The Kier molecular flexibility index (Phi) is 8.09. The molecular formula is C26H40N2O3. The van der Waals surface area contributed by atoms with Gasteiger partial charge in [-0.15, -0.1) is 0 Å². The molecule has 1 atom stereocenters. The summed E-state index contributed by atoms with van der Waals surface area (Å²) in [4.78, 5) is 12.2. The van der Waals surface area contributed by atoms with Gasteiger partial charge in [0.15, 0.2) is 0 Å². The van der Waals surface area contributed by atoms with Crippen LogP contribution < -0.4 is 0 Å². The van der Waals surface area contributed by atoms with Crippen LogP contribution in [-0.2, 0) is 18.3 Å². The van der Waals surface area contributed by atoms with Crippen molar-refractivity contribution in [1.82, 2.24) is 9.78 Å². The summed E-state index contributed by atoms with van der Waals surface area (Å²) in [7, 11) is 0. The topological polar surface area (TPSA) is 75.3 Å². The molecule has 172 valence electrons. The maximum atomic E-state index is 12.2. The first-order valence-corrected chi connectivity index (χ1v) is 11.5. The van der Waals surface area contributed by atoms with Gasteiger partial charge < -0.3 is 10.2 Å². The summed E-state index contributed by atoms with van der Waals surface area (Å²) in [6, 6.07) is 8.28. The molecule has 31 heavy (non-hydrogen) atoms. The fraction of sp³-hybridized carbons (Fsp3) is 0.615. The van der Waals surface area contributed by atoms with Crippen LogP contribution in [0.1, 0.15) is 101 Å². The monoisotopic (exact) mass is 428 g/mol. The number of hydrogen-bond donors (Lipinski definition) is 2. The standard InChI is InChI=1S/C26H40N2O3/c1-8-10-22-23(24(29)30)21(17-18(2)11-9-16-26(6,7)31)27-28(22)20-14-12-19(13-15-20)25(3,4)5/h12-15,18,31H,8-11,16-17H2,1-7H3,(H,29,30). The summed E-state index contributed by atoms with van der Waals surface area (Å²) in [5.74, 6) is -0.610. The van der Waals surface area contributed by atoms with Crippen molar-refractivity contribution in [2.45, 2.75) is 98.0 Å². The molecule has 1 aromatic carbocycles. The maximum Gasteiger partial charge on any atom is 0.339 e. The predicted octanol–water partition coefficient (Wildman–Crippen LogP) is 5.94. The summed E-state index contributed by atoms with van der Waals surface area (Å²) in [5.41, 5.74) is 3.32. The second-order valence-corrected chi connectivity index (χ2v) is 10.5. The van der Waals surface area contributed by atoms with Crippen molar-refractivity contribution in [1.29, 1.82) is 0 Å². The van der Waals surface area contributed by atoms with Gasteiger partial charge in [-0.2, -0.15) is 5.10 Å². The van der Waals surface area contributed by atoms with Gasteiger partial charge >= 0.3 is 5.97 Å². The number of carboxylic acid groups (broad SMARTS) is 1. The molecule has 0 saturated carbocycles. The minimum absolute atomic E-state index is 0.0604. The third kappa shape index (κ3) is 6.93. The van der Waals surface area contributed by atoms with Gasteiger partial charge in [0, 0.05) is 0 Å². The Bertz CT molecular complexity index is 868. The molecule has 1 unspecified atom stereocenters. The Morgan fingerprint density at radius 2 is 1.74 bits per heavy atom. The van der Waals surface area contributed by atoms with Crippen LogP contribution in [0, 0.1) is 5.92 Å². The van der Waals surface area contributed by atoms with Crippen molar-refractivity contribution < 1.29 is 15.0 Å². The molecule has 0 radical (unpaired) electrons. The number of benzene rings is 1. The van der Waals surface area contributed by atoms with Gasteiger partial charge in [0.2, 0.25) is 0 Å². The first-order valence-electron chi connectivity index (χ1n) is 11.5. The quantitative estimate of drug-likeness (QED) is 0.491. The summed E-state index contributed by atoms with van der Waals surface area (Å²) in [6.07, 6.45) is 4.72. The van der Waals surface area contributed by atoms with E-state index in [0.717, 1.165) is 37.1 Å². The van der Waals surface area contributed by atoms with Crippen molar-refractivity contribution in [3.63, 3.8) is 0 Å². The number of aromatic carboxylic acids is 1. The highest BCUT2D eigenvalue weighted by atomic mass is 16.4. The van der Waals surface area contributed by atoms with E-state index in [-0.39, 0.29) is 5.41 Å². The van der Waals surface area contributed by atoms with Gasteiger partial charge in [-0.1, -0.05) is 66.0 Å². The van der Waals surface area contributed by atoms with Crippen LogP contribution in [0.4, 0.5) is 0 Å². The second kappa shape index (κ2) is 9.99. The van der Waals surface area contributed by atoms with Gasteiger partial charge in [0.1, 0.15) is 5.56 Å². The van der Waals surface area contributed by atoms with Crippen molar-refractivity contribution in [3.05, 3.63) is 46.8 Å². The van der Waals surface area contributed by atoms with Crippen LogP contribution in [0.3, 0.4) is 0 Å². The molecular weight excluding hydrogens is 388 g/mol. The fourth-order valence-electron chi connectivity index (χ4n) is 3.99. The minimum Gasteiger partial charge on any atom is -0.478 e. The fourth-order valence-corrected chi connectivity index (χ4v) is 3.99. The van der Waals surface area contributed by atoms with Crippen molar-refractivity contribution in [3.8, 4) is 5.69 Å². The molecule has 0 saturated heterocycles. The molecule has 0 aliphatic heterocycles. The number of aliphatic hydroxyl groups is 1. The summed E-state index contributed by atoms with van der Waals surface area (Å²) in [5, 5.41) is 24.7. The number of carbonyl (C=O) groups is 1. The third-order valence-corrected chi connectivity index (χ3v) is 5.76. The van der Waals surface area contributed by atoms with Gasteiger partial charge in [-0.3, -0.25) is 0 Å². The van der Waals surface area contributed by atoms with Crippen LogP contribution in [0.25, 0.3) is 5.69 Å². The lowest BCUT2D eigenvalue weighted by atomic mass is 9.87. The maximum absolute atomic E-state index is 12.2. The van der Waals surface area contributed by atoms with Crippen LogP contribution in [0.2, 0.25) is 0 Å². The SMILES string of the molecule is CCCc1c(C(=O)O)c(CC(C)CCCC(C)(C)O)nn1-c1ccc(C(C)(C)C)cc1. The molecule has 2 aromatic rings. The molecule has 2 N–H and O–H groups in total. The lowest BCUT2D eigenvalue weighted by Gasteiger charge is -2.19. The van der Waals surface area contributed by atoms with Crippen molar-refractivity contribution in [2.24, 2.45) is 5.92 Å². The zero-order valence-electron chi connectivity index (χ0n) is 20.3. The Morgan fingerprint density at radius 1 is 1.13 bits per heavy atom. The van der Waals surface area contributed by atoms with Gasteiger partial charge in [-0.05, 0) is 62.1 Å². The number of rotatable bonds is 10. The van der Waals surface area contributed by atoms with Crippen LogP contribution in [0.15, 0.2) is 24.3 Å². The number of aromatic nitrogens is 2. The second-order valence-electron chi connectivity index (χ2n) is 10.5. The number of nitrogens with zero attached hydrogens (tertiary/aromatic N) is 2. The van der Waals surface area contributed by atoms with Gasteiger partial charge in [0.25, 0.3) is 0 Å². The largest absolute Gasteiger partial charge is 0.478 e. The zero-order chi connectivity index (χ0) is 23.4. The lowest BCUT2D eigenvalue weighted by Crippen LogP contribution is -2.18. The lowest BCUT2D eigenvalue weighted by molar-refractivity contribution is 0.0669. The third-order valence-electron chi connectivity index (χ3n) is 5.76. The smallest absolute Gasteiger partial charge is 0.339 e. The summed E-state index contributed by atoms with van der Waals surface area (Å²) < 4.78 is 1.83. The van der Waals surface area contributed by atoms with Gasteiger partial charge in [-0.25, -0.2) is 9.48 Å². The van der Waals surface area contributed by atoms with E-state index >= 15 is 0 Å². The molecule has 0 amide bonds. The van der Waals surface area contributed by atoms with E-state index in [2.05, 4.69) is 46.8 Å². The highest BCUT2D eigenvalue weighted by Crippen LogP contribution is 2.27. The molecule has 0 aliphatic carbocycles. The predicted molar refractivity (Wildman–Crippen MR) is 126 cm³/mol. The van der Waals surface area contributed by atoms with E-state index in [4.69, 9.17) is 5.10 Å². The Labute approximate surface area is 187 Å². The number of hydrogen-bond acceptors (Lipinski definition) is 3. The Balaban J connectivity index is 2.36. The number of carboxylic acids is 1. The molecule has 5 heteroatoms.